The fourth-order valence-corrected chi connectivity index (χ4v) is 3.84. The molecule has 1 amide bonds. The number of ether oxygens (including phenoxy) is 2. The second-order valence-electron chi connectivity index (χ2n) is 6.75. The lowest BCUT2D eigenvalue weighted by atomic mass is 10.2. The largest absolute Gasteiger partial charge is 0.497 e. The van der Waals surface area contributed by atoms with Gasteiger partial charge in [-0.3, -0.25) is 9.52 Å². The maximum absolute atomic E-state index is 13.5. The Morgan fingerprint density at radius 1 is 0.969 bits per heavy atom. The van der Waals surface area contributed by atoms with Crippen molar-refractivity contribution < 1.29 is 27.1 Å². The SMILES string of the molecule is COc1ccc(NS(=O)(=O)c2ccc(C(=O)NCCCOc3ccccc3F)cc2)cc1. The number of carbonyl (C=O) groups is 1. The van der Waals surface area contributed by atoms with E-state index in [-0.39, 0.29) is 23.2 Å². The molecule has 0 saturated carbocycles. The van der Waals surface area contributed by atoms with E-state index in [4.69, 9.17) is 9.47 Å². The number of halogens is 1. The topological polar surface area (TPSA) is 93.7 Å². The van der Waals surface area contributed by atoms with Crippen molar-refractivity contribution in [3.05, 3.63) is 84.2 Å². The summed E-state index contributed by atoms with van der Waals surface area (Å²) in [5.74, 6) is -0.00279. The van der Waals surface area contributed by atoms with Crippen LogP contribution in [0, 0.1) is 5.82 Å². The number of carbonyl (C=O) groups excluding carboxylic acids is 1. The van der Waals surface area contributed by atoms with Crippen molar-refractivity contribution in [3.63, 3.8) is 0 Å². The molecule has 0 radical (unpaired) electrons. The van der Waals surface area contributed by atoms with E-state index < -0.39 is 15.8 Å². The molecule has 2 N–H and O–H groups in total. The second kappa shape index (κ2) is 10.6. The average Bonchev–Trinajstić information content (AvgIpc) is 2.80. The van der Waals surface area contributed by atoms with E-state index in [0.717, 1.165) is 0 Å². The van der Waals surface area contributed by atoms with Crippen molar-refractivity contribution in [3.8, 4) is 11.5 Å². The summed E-state index contributed by atoms with van der Waals surface area (Å²) in [6, 6.07) is 18.2. The van der Waals surface area contributed by atoms with Crippen molar-refractivity contribution in [2.75, 3.05) is 25.0 Å². The molecule has 0 aliphatic carbocycles. The highest BCUT2D eigenvalue weighted by atomic mass is 32.2. The van der Waals surface area contributed by atoms with Gasteiger partial charge < -0.3 is 14.8 Å². The molecule has 0 bridgehead atoms. The molecule has 7 nitrogen and oxygen atoms in total. The molecule has 0 unspecified atom stereocenters. The molecule has 3 aromatic rings. The second-order valence-corrected chi connectivity index (χ2v) is 8.43. The number of hydrogen-bond donors (Lipinski definition) is 2. The van der Waals surface area contributed by atoms with Crippen LogP contribution in [0.4, 0.5) is 10.1 Å². The van der Waals surface area contributed by atoms with Gasteiger partial charge in [0.15, 0.2) is 11.6 Å². The van der Waals surface area contributed by atoms with Crippen LogP contribution in [-0.2, 0) is 10.0 Å². The standard InChI is InChI=1S/C23H23FN2O5S/c1-30-19-11-9-18(10-12-19)26-32(28,29)20-13-7-17(8-14-20)23(27)25-15-4-16-31-22-6-3-2-5-21(22)24/h2-3,5-14,26H,4,15-16H2,1H3,(H,25,27). The van der Waals surface area contributed by atoms with E-state index in [1.165, 1.54) is 43.5 Å². The Hall–Kier alpha value is -3.59. The highest BCUT2D eigenvalue weighted by molar-refractivity contribution is 7.92. The first-order valence-electron chi connectivity index (χ1n) is 9.81. The fourth-order valence-electron chi connectivity index (χ4n) is 2.78. The van der Waals surface area contributed by atoms with Gasteiger partial charge in [0.2, 0.25) is 0 Å². The van der Waals surface area contributed by atoms with Crippen LogP contribution < -0.4 is 19.5 Å². The van der Waals surface area contributed by atoms with Crippen LogP contribution in [0.1, 0.15) is 16.8 Å². The quantitative estimate of drug-likeness (QED) is 0.451. The van der Waals surface area contributed by atoms with Crippen molar-refractivity contribution in [2.24, 2.45) is 0 Å². The van der Waals surface area contributed by atoms with Crippen molar-refractivity contribution in [1.82, 2.24) is 5.32 Å². The van der Waals surface area contributed by atoms with Crippen LogP contribution in [-0.4, -0.2) is 34.6 Å². The molecular weight excluding hydrogens is 435 g/mol. The minimum Gasteiger partial charge on any atom is -0.497 e. The lowest BCUT2D eigenvalue weighted by Crippen LogP contribution is -2.25. The Bertz CT molecular complexity index is 1150. The highest BCUT2D eigenvalue weighted by Crippen LogP contribution is 2.20. The van der Waals surface area contributed by atoms with E-state index in [9.17, 15) is 17.6 Å². The summed E-state index contributed by atoms with van der Waals surface area (Å²) >= 11 is 0. The molecule has 0 fully saturated rings. The molecule has 9 heteroatoms. The third-order valence-corrected chi connectivity index (χ3v) is 5.87. The minimum absolute atomic E-state index is 0.0307. The van der Waals surface area contributed by atoms with Crippen molar-refractivity contribution in [1.29, 1.82) is 0 Å². The Morgan fingerprint density at radius 2 is 1.66 bits per heavy atom. The maximum Gasteiger partial charge on any atom is 0.261 e. The first-order chi connectivity index (χ1) is 15.4. The monoisotopic (exact) mass is 458 g/mol. The molecule has 0 aliphatic heterocycles. The summed E-state index contributed by atoms with van der Waals surface area (Å²) < 4.78 is 51.4. The summed E-state index contributed by atoms with van der Waals surface area (Å²) in [7, 11) is -2.27. The molecule has 0 atom stereocenters. The van der Waals surface area contributed by atoms with Gasteiger partial charge in [-0.15, -0.1) is 0 Å². The molecule has 0 spiro atoms. The number of para-hydroxylation sites is 1. The van der Waals surface area contributed by atoms with Gasteiger partial charge in [-0.1, -0.05) is 12.1 Å². The average molecular weight is 459 g/mol. The molecule has 0 aliphatic rings. The molecule has 168 valence electrons. The number of nitrogens with one attached hydrogen (secondary N) is 2. The van der Waals surface area contributed by atoms with Gasteiger partial charge in [0.1, 0.15) is 5.75 Å². The summed E-state index contributed by atoms with van der Waals surface area (Å²) in [4.78, 5) is 12.3. The summed E-state index contributed by atoms with van der Waals surface area (Å²) in [6.07, 6.45) is 0.484. The van der Waals surface area contributed by atoms with Gasteiger partial charge in [0.25, 0.3) is 15.9 Å². The van der Waals surface area contributed by atoms with Crippen LogP contribution in [0.15, 0.2) is 77.7 Å². The Kier molecular flexibility index (Phi) is 7.67. The third-order valence-electron chi connectivity index (χ3n) is 4.47. The number of benzene rings is 3. The molecule has 0 aromatic heterocycles. The maximum atomic E-state index is 13.5. The van der Waals surface area contributed by atoms with Crippen LogP contribution in [0.3, 0.4) is 0 Å². The summed E-state index contributed by atoms with van der Waals surface area (Å²) in [5.41, 5.74) is 0.716. The molecule has 3 aromatic carbocycles. The van der Waals surface area contributed by atoms with E-state index in [1.54, 1.807) is 36.4 Å². The number of anilines is 1. The Morgan fingerprint density at radius 3 is 2.31 bits per heavy atom. The van der Waals surface area contributed by atoms with Crippen LogP contribution >= 0.6 is 0 Å². The number of amides is 1. The Balaban J connectivity index is 1.49. The summed E-state index contributed by atoms with van der Waals surface area (Å²) in [6.45, 7) is 0.571. The van der Waals surface area contributed by atoms with E-state index in [0.29, 0.717) is 30.0 Å². The predicted molar refractivity (Wildman–Crippen MR) is 119 cm³/mol. The van der Waals surface area contributed by atoms with Gasteiger partial charge in [0, 0.05) is 17.8 Å². The molecule has 0 saturated heterocycles. The minimum atomic E-state index is -3.80. The molecule has 32 heavy (non-hydrogen) atoms. The number of rotatable bonds is 10. The van der Waals surface area contributed by atoms with Gasteiger partial charge in [-0.05, 0) is 67.1 Å². The van der Waals surface area contributed by atoms with Crippen LogP contribution in [0.25, 0.3) is 0 Å². The molecular formula is C23H23FN2O5S. The van der Waals surface area contributed by atoms with Crippen molar-refractivity contribution in [2.45, 2.75) is 11.3 Å². The van der Waals surface area contributed by atoms with E-state index >= 15 is 0 Å². The van der Waals surface area contributed by atoms with Crippen LogP contribution in [0.2, 0.25) is 0 Å². The van der Waals surface area contributed by atoms with Gasteiger partial charge in [-0.25, -0.2) is 12.8 Å². The lowest BCUT2D eigenvalue weighted by Gasteiger charge is -2.10. The molecule has 3 rings (SSSR count). The first kappa shape index (κ1) is 23.1. The van der Waals surface area contributed by atoms with Gasteiger partial charge >= 0.3 is 0 Å². The van der Waals surface area contributed by atoms with Crippen molar-refractivity contribution >= 4 is 21.6 Å². The predicted octanol–water partition coefficient (Wildman–Crippen LogP) is 3.83. The number of sulfonamides is 1. The van der Waals surface area contributed by atoms with E-state index in [2.05, 4.69) is 10.0 Å². The Labute approximate surface area is 186 Å². The number of hydrogen-bond acceptors (Lipinski definition) is 5. The number of methoxy groups -OCH3 is 1. The normalized spacial score (nSPS) is 10.9. The van der Waals surface area contributed by atoms with Gasteiger partial charge in [-0.2, -0.15) is 0 Å². The fraction of sp³-hybridized carbons (Fsp3) is 0.174. The first-order valence-corrected chi connectivity index (χ1v) is 11.3. The smallest absolute Gasteiger partial charge is 0.261 e. The lowest BCUT2D eigenvalue weighted by molar-refractivity contribution is 0.0951. The zero-order valence-corrected chi connectivity index (χ0v) is 18.2. The van der Waals surface area contributed by atoms with Gasteiger partial charge in [0.05, 0.1) is 18.6 Å². The highest BCUT2D eigenvalue weighted by Gasteiger charge is 2.15. The molecule has 0 heterocycles. The third kappa shape index (κ3) is 6.21. The summed E-state index contributed by atoms with van der Waals surface area (Å²) in [5, 5.41) is 2.72. The van der Waals surface area contributed by atoms with Crippen LogP contribution in [0.5, 0.6) is 11.5 Å². The zero-order valence-electron chi connectivity index (χ0n) is 17.4. The van der Waals surface area contributed by atoms with E-state index in [1.807, 2.05) is 0 Å². The zero-order chi connectivity index (χ0) is 23.0.